The van der Waals surface area contributed by atoms with Gasteiger partial charge in [-0.3, -0.25) is 0 Å². The van der Waals surface area contributed by atoms with E-state index in [2.05, 4.69) is 3.94 Å². The molecule has 8 heteroatoms. The van der Waals surface area contributed by atoms with Crippen molar-refractivity contribution in [2.75, 3.05) is 0 Å². The Kier molecular flexibility index (Phi) is 9.94. The van der Waals surface area contributed by atoms with Crippen LogP contribution in [-0.2, 0) is 25.2 Å². The maximum atomic E-state index is 8.98. The SMILES string of the molecule is [NH4+].[NH4+].[O]=[Cr](=[O])([O-])[O][O-]. The zero-order valence-electron chi connectivity index (χ0n) is 4.45. The molecule has 8 N–H and O–H groups in total. The van der Waals surface area contributed by atoms with Crippen LogP contribution in [0.1, 0.15) is 0 Å². The molecule has 0 saturated heterocycles. The minimum absolute atomic E-state index is 0. The van der Waals surface area contributed by atoms with Gasteiger partial charge in [0.1, 0.15) is 0 Å². The van der Waals surface area contributed by atoms with Gasteiger partial charge < -0.3 is 12.3 Å². The second-order valence-electron chi connectivity index (χ2n) is 0.476. The van der Waals surface area contributed by atoms with E-state index in [1.165, 1.54) is 0 Å². The van der Waals surface area contributed by atoms with E-state index < -0.39 is 13.6 Å². The Morgan fingerprint density at radius 2 is 1.38 bits per heavy atom. The number of hydrogen-bond donors (Lipinski definition) is 2. The molecular formula is H8CrN2O5. The van der Waals surface area contributed by atoms with E-state index in [0.717, 1.165) is 0 Å². The topological polar surface area (TPSA) is 162 Å². The van der Waals surface area contributed by atoms with Crippen LogP contribution in [0.15, 0.2) is 0 Å². The molecule has 0 aliphatic carbocycles. The van der Waals surface area contributed by atoms with Crippen LogP contribution in [0.25, 0.3) is 0 Å². The van der Waals surface area contributed by atoms with Gasteiger partial charge in [-0.2, -0.15) is 0 Å². The first-order valence-electron chi connectivity index (χ1n) is 0.833. The molecule has 0 unspecified atom stereocenters. The Morgan fingerprint density at radius 1 is 1.25 bits per heavy atom. The fraction of sp³-hybridized carbons (Fsp3) is 0. The summed E-state index contributed by atoms with van der Waals surface area (Å²) in [4.78, 5) is 0. The van der Waals surface area contributed by atoms with Gasteiger partial charge in [-0.05, 0) is 0 Å². The molecule has 0 heterocycles. The summed E-state index contributed by atoms with van der Waals surface area (Å²) in [6.45, 7) is 0. The Balaban J connectivity index is -0.000000125. The summed E-state index contributed by atoms with van der Waals surface area (Å²) in [5.74, 6) is 0. The van der Waals surface area contributed by atoms with Crippen LogP contribution in [0, 0.1) is 0 Å². The van der Waals surface area contributed by atoms with Crippen molar-refractivity contribution in [2.24, 2.45) is 0 Å². The first kappa shape index (κ1) is 15.7. The predicted octanol–water partition coefficient (Wildman–Crippen LogP) is -1.93. The first-order chi connectivity index (χ1) is 2.56. The summed E-state index contributed by atoms with van der Waals surface area (Å²) in [5.41, 5.74) is 0. The quantitative estimate of drug-likeness (QED) is 0.343. The van der Waals surface area contributed by atoms with Crippen LogP contribution in [0.3, 0.4) is 0 Å². The van der Waals surface area contributed by atoms with E-state index in [4.69, 9.17) is 17.0 Å². The van der Waals surface area contributed by atoms with Crippen molar-refractivity contribution in [1.29, 1.82) is 0 Å². The summed E-state index contributed by atoms with van der Waals surface area (Å²) < 4.78 is 29.1. The molecule has 0 aromatic carbocycles. The van der Waals surface area contributed by atoms with Crippen molar-refractivity contribution in [3.63, 3.8) is 0 Å². The van der Waals surface area contributed by atoms with E-state index in [9.17, 15) is 0 Å². The molecule has 8 heavy (non-hydrogen) atoms. The molecule has 54 valence electrons. The van der Waals surface area contributed by atoms with Gasteiger partial charge in [0.2, 0.25) is 0 Å². The van der Waals surface area contributed by atoms with Gasteiger partial charge in [0.25, 0.3) is 0 Å². The Morgan fingerprint density at radius 3 is 1.38 bits per heavy atom. The van der Waals surface area contributed by atoms with Gasteiger partial charge in [-0.15, -0.1) is 0 Å². The van der Waals surface area contributed by atoms with Gasteiger partial charge in [0.05, 0.1) is 0 Å². The molecular weight excluding hydrogens is 160 g/mol. The normalized spacial score (nSPS) is 8.75. The fourth-order valence-electron chi connectivity index (χ4n) is 0. The van der Waals surface area contributed by atoms with Crippen molar-refractivity contribution in [1.82, 2.24) is 12.3 Å². The predicted molar refractivity (Wildman–Crippen MR) is 14.4 cm³/mol. The summed E-state index contributed by atoms with van der Waals surface area (Å²) in [5, 5.41) is 8.58. The molecule has 0 bridgehead atoms. The summed E-state index contributed by atoms with van der Waals surface area (Å²) in [6, 6.07) is 0. The van der Waals surface area contributed by atoms with Crippen molar-refractivity contribution in [3.8, 4) is 0 Å². The average Bonchev–Trinajstić information content (AvgIpc) is 1.35. The molecule has 0 aliphatic rings. The maximum absolute atomic E-state index is 8.98. The Labute approximate surface area is 47.8 Å². The Bertz CT molecular complexity index is 112. The van der Waals surface area contributed by atoms with Gasteiger partial charge in [0.15, 0.2) is 0 Å². The van der Waals surface area contributed by atoms with Crippen LogP contribution in [0.5, 0.6) is 0 Å². The van der Waals surface area contributed by atoms with Crippen molar-refractivity contribution in [2.45, 2.75) is 0 Å². The van der Waals surface area contributed by atoms with E-state index in [0.29, 0.717) is 0 Å². The van der Waals surface area contributed by atoms with Crippen LogP contribution >= 0.6 is 0 Å². The second kappa shape index (κ2) is 5.08. The molecule has 0 rings (SSSR count). The zero-order chi connectivity index (χ0) is 5.21. The second-order valence-corrected chi connectivity index (χ2v) is 1.96. The Hall–Kier alpha value is -0.0675. The average molecular weight is 168 g/mol. The first-order valence-corrected chi connectivity index (χ1v) is 2.92. The van der Waals surface area contributed by atoms with E-state index in [1.807, 2.05) is 0 Å². The fourth-order valence-corrected chi connectivity index (χ4v) is 0. The molecule has 0 fully saturated rings. The number of quaternary nitrogens is 2. The molecule has 0 saturated carbocycles. The third-order valence-electron chi connectivity index (χ3n) is 0.0833. The van der Waals surface area contributed by atoms with Crippen molar-refractivity contribution >= 4 is 0 Å². The molecule has 0 amide bonds. The molecule has 0 atom stereocenters. The van der Waals surface area contributed by atoms with Crippen LogP contribution < -0.4 is 21.7 Å². The van der Waals surface area contributed by atoms with E-state index >= 15 is 0 Å². The van der Waals surface area contributed by atoms with Crippen molar-refractivity contribution in [3.05, 3.63) is 0 Å². The van der Waals surface area contributed by atoms with E-state index in [-0.39, 0.29) is 12.3 Å². The summed E-state index contributed by atoms with van der Waals surface area (Å²) in [6.07, 6.45) is 0. The van der Waals surface area contributed by atoms with Gasteiger partial charge in [0, 0.05) is 0 Å². The third-order valence-corrected chi connectivity index (χ3v) is 0.344. The standard InChI is InChI=1S/Cr.2H3N.O2.3O/c;;;1-2;;;/h;2*1H3;;;;/q+1;;;-2;;;-1/p+2. The van der Waals surface area contributed by atoms with Gasteiger partial charge in [-0.1, -0.05) is 0 Å². The summed E-state index contributed by atoms with van der Waals surface area (Å²) >= 11 is -5.58. The molecule has 0 aromatic heterocycles. The molecule has 0 spiro atoms. The third kappa shape index (κ3) is 16.8. The van der Waals surface area contributed by atoms with Crippen molar-refractivity contribution < 1.29 is 34.6 Å². The van der Waals surface area contributed by atoms with E-state index in [1.54, 1.807) is 0 Å². The molecule has 0 aromatic rings. The molecule has 0 aliphatic heterocycles. The van der Waals surface area contributed by atoms with Gasteiger partial charge in [-0.25, -0.2) is 0 Å². The van der Waals surface area contributed by atoms with Gasteiger partial charge >= 0.3 is 34.6 Å². The van der Waals surface area contributed by atoms with Crippen LogP contribution in [0.2, 0.25) is 0 Å². The number of rotatable bonds is 1. The zero-order valence-corrected chi connectivity index (χ0v) is 5.72. The van der Waals surface area contributed by atoms with Crippen LogP contribution in [0.4, 0.5) is 0 Å². The number of hydrogen-bond acceptors (Lipinski definition) is 5. The van der Waals surface area contributed by atoms with Crippen LogP contribution in [-0.4, -0.2) is 0 Å². The minimum atomic E-state index is -5.58. The monoisotopic (exact) mass is 168 g/mol. The molecule has 0 radical (unpaired) electrons. The summed E-state index contributed by atoms with van der Waals surface area (Å²) in [7, 11) is 0. The molecule has 7 nitrogen and oxygen atoms in total.